The molecule has 0 amide bonds. The lowest BCUT2D eigenvalue weighted by Gasteiger charge is -2.26. The summed E-state index contributed by atoms with van der Waals surface area (Å²) >= 11 is 0. The number of aliphatic hydroxyl groups is 1. The zero-order valence-corrected chi connectivity index (χ0v) is 12.7. The van der Waals surface area contributed by atoms with Crippen LogP contribution in [0.2, 0.25) is 0 Å². The molecule has 1 aliphatic carbocycles. The second-order valence-electron chi connectivity index (χ2n) is 6.22. The molecule has 1 aromatic carbocycles. The average molecular weight is 278 g/mol. The molecule has 0 aliphatic heterocycles. The fourth-order valence-corrected chi connectivity index (χ4v) is 2.80. The van der Waals surface area contributed by atoms with Gasteiger partial charge < -0.3 is 15.2 Å². The van der Waals surface area contributed by atoms with Gasteiger partial charge >= 0.3 is 0 Å². The Hall–Kier alpha value is -0.900. The highest BCUT2D eigenvalue weighted by Gasteiger charge is 2.21. The maximum absolute atomic E-state index is 9.98. The molecule has 0 saturated carbocycles. The third-order valence-corrected chi connectivity index (χ3v) is 3.88. The zero-order chi connectivity index (χ0) is 14.4. The Bertz CT molecular complexity index is 406. The monoisotopic (exact) mass is 278 g/mol. The summed E-state index contributed by atoms with van der Waals surface area (Å²) in [5.74, 6) is 0.660. The molecular weight excluding hydrogens is 250 g/mol. The van der Waals surface area contributed by atoms with Crippen LogP contribution < -0.4 is 5.32 Å². The van der Waals surface area contributed by atoms with Crippen molar-refractivity contribution in [2.45, 2.75) is 45.3 Å². The molecule has 3 N–H and O–H groups in total. The van der Waals surface area contributed by atoms with Crippen LogP contribution in [0.1, 0.15) is 43.9 Å². The van der Waals surface area contributed by atoms with E-state index in [-0.39, 0.29) is 12.2 Å². The Labute approximate surface area is 122 Å². The predicted molar refractivity (Wildman–Crippen MR) is 80.6 cm³/mol. The quantitative estimate of drug-likeness (QED) is 0.797. The van der Waals surface area contributed by atoms with Gasteiger partial charge in [-0.25, -0.2) is 0 Å². The van der Waals surface area contributed by atoms with Crippen LogP contribution in [0.3, 0.4) is 0 Å². The maximum Gasteiger partial charge on any atom is 0.126 e. The number of ether oxygens (including phenoxy) is 1. The molecule has 0 fully saturated rings. The molecule has 112 valence electrons. The van der Waals surface area contributed by atoms with Gasteiger partial charge in [0.2, 0.25) is 0 Å². The van der Waals surface area contributed by atoms with Crippen molar-refractivity contribution in [3.8, 4) is 0 Å². The number of rotatable bonds is 7. The highest BCUT2D eigenvalue weighted by Crippen LogP contribution is 2.32. The van der Waals surface area contributed by atoms with Crippen LogP contribution >= 0.6 is 0 Å². The molecule has 3 heteroatoms. The third kappa shape index (κ3) is 4.58. The second-order valence-corrected chi connectivity index (χ2v) is 6.22. The van der Waals surface area contributed by atoms with Crippen molar-refractivity contribution in [1.29, 1.82) is 0 Å². The minimum atomic E-state index is -0.372. The number of hydrogen-bond acceptors (Lipinski definition) is 2. The number of quaternary nitrogens is 1. The Morgan fingerprint density at radius 1 is 1.30 bits per heavy atom. The SMILES string of the molecule is CC(C)C[NH2+]C[C@@H](O)CO[C@@H]1CCCc2ccccc21. The predicted octanol–water partition coefficient (Wildman–Crippen LogP) is 1.66. The highest BCUT2D eigenvalue weighted by molar-refractivity contribution is 5.31. The summed E-state index contributed by atoms with van der Waals surface area (Å²) in [6.07, 6.45) is 3.19. The smallest absolute Gasteiger partial charge is 0.126 e. The Balaban J connectivity index is 1.77. The molecule has 2 atom stereocenters. The normalized spacial score (nSPS) is 19.9. The first-order valence-corrected chi connectivity index (χ1v) is 7.86. The lowest BCUT2D eigenvalue weighted by Crippen LogP contribution is -2.87. The van der Waals surface area contributed by atoms with Crippen molar-refractivity contribution in [2.75, 3.05) is 19.7 Å². The van der Waals surface area contributed by atoms with Gasteiger partial charge in [0.25, 0.3) is 0 Å². The zero-order valence-electron chi connectivity index (χ0n) is 12.7. The lowest BCUT2D eigenvalue weighted by atomic mass is 9.89. The first-order valence-electron chi connectivity index (χ1n) is 7.86. The van der Waals surface area contributed by atoms with E-state index in [1.54, 1.807) is 0 Å². The van der Waals surface area contributed by atoms with Gasteiger partial charge in [0, 0.05) is 5.92 Å². The van der Waals surface area contributed by atoms with Gasteiger partial charge in [0.15, 0.2) is 0 Å². The fraction of sp³-hybridized carbons (Fsp3) is 0.647. The van der Waals surface area contributed by atoms with E-state index in [0.717, 1.165) is 25.9 Å². The van der Waals surface area contributed by atoms with Crippen molar-refractivity contribution in [3.05, 3.63) is 35.4 Å². The van der Waals surface area contributed by atoms with Crippen LogP contribution in [-0.2, 0) is 11.2 Å². The van der Waals surface area contributed by atoms with E-state index < -0.39 is 0 Å². The molecule has 0 heterocycles. The average Bonchev–Trinajstić information content (AvgIpc) is 2.44. The largest absolute Gasteiger partial charge is 0.385 e. The minimum absolute atomic E-state index is 0.166. The molecule has 0 bridgehead atoms. The number of nitrogens with two attached hydrogens (primary N) is 1. The van der Waals surface area contributed by atoms with E-state index in [9.17, 15) is 5.11 Å². The van der Waals surface area contributed by atoms with Crippen molar-refractivity contribution in [2.24, 2.45) is 5.92 Å². The van der Waals surface area contributed by atoms with E-state index in [0.29, 0.717) is 12.5 Å². The summed E-state index contributed by atoms with van der Waals surface area (Å²) < 4.78 is 5.96. The third-order valence-electron chi connectivity index (χ3n) is 3.88. The summed E-state index contributed by atoms with van der Waals surface area (Å²) in [5.41, 5.74) is 2.72. The van der Waals surface area contributed by atoms with E-state index >= 15 is 0 Å². The van der Waals surface area contributed by atoms with Gasteiger partial charge in [-0.15, -0.1) is 0 Å². The Kier molecular flexibility index (Phi) is 6.02. The van der Waals surface area contributed by atoms with Crippen molar-refractivity contribution < 1.29 is 15.2 Å². The summed E-state index contributed by atoms with van der Waals surface area (Å²) in [7, 11) is 0. The Morgan fingerprint density at radius 3 is 2.90 bits per heavy atom. The van der Waals surface area contributed by atoms with Crippen LogP contribution in [0.5, 0.6) is 0 Å². The van der Waals surface area contributed by atoms with E-state index in [1.807, 2.05) is 0 Å². The molecule has 20 heavy (non-hydrogen) atoms. The molecule has 0 saturated heterocycles. The minimum Gasteiger partial charge on any atom is -0.385 e. The summed E-state index contributed by atoms with van der Waals surface area (Å²) in [6.45, 7) is 6.61. The Morgan fingerprint density at radius 2 is 2.10 bits per heavy atom. The first-order chi connectivity index (χ1) is 9.66. The van der Waals surface area contributed by atoms with Crippen molar-refractivity contribution in [3.63, 3.8) is 0 Å². The van der Waals surface area contributed by atoms with Gasteiger partial charge in [-0.2, -0.15) is 0 Å². The summed E-state index contributed by atoms with van der Waals surface area (Å²) in [4.78, 5) is 0. The molecule has 3 nitrogen and oxygen atoms in total. The highest BCUT2D eigenvalue weighted by atomic mass is 16.5. The molecule has 0 aromatic heterocycles. The molecule has 0 radical (unpaired) electrons. The summed E-state index contributed by atoms with van der Waals surface area (Å²) in [5, 5.41) is 12.2. The van der Waals surface area contributed by atoms with Gasteiger partial charge in [-0.3, -0.25) is 0 Å². The topological polar surface area (TPSA) is 46.1 Å². The fourth-order valence-electron chi connectivity index (χ4n) is 2.80. The van der Waals surface area contributed by atoms with E-state index in [2.05, 4.69) is 43.4 Å². The molecule has 1 aliphatic rings. The van der Waals surface area contributed by atoms with Gasteiger partial charge in [0.05, 0.1) is 19.3 Å². The first kappa shape index (κ1) is 15.5. The molecule has 1 aromatic rings. The molecule has 0 unspecified atom stereocenters. The van der Waals surface area contributed by atoms with Crippen LogP contribution in [0.4, 0.5) is 0 Å². The second kappa shape index (κ2) is 7.77. The lowest BCUT2D eigenvalue weighted by molar-refractivity contribution is -0.665. The number of hydrogen-bond donors (Lipinski definition) is 2. The maximum atomic E-state index is 9.98. The van der Waals surface area contributed by atoms with E-state index in [4.69, 9.17) is 4.74 Å². The van der Waals surface area contributed by atoms with Crippen LogP contribution in [0, 0.1) is 5.92 Å². The van der Waals surface area contributed by atoms with Crippen LogP contribution in [-0.4, -0.2) is 30.9 Å². The van der Waals surface area contributed by atoms with Gasteiger partial charge in [0.1, 0.15) is 12.6 Å². The van der Waals surface area contributed by atoms with Crippen LogP contribution in [0.25, 0.3) is 0 Å². The van der Waals surface area contributed by atoms with Crippen molar-refractivity contribution in [1.82, 2.24) is 0 Å². The molecular formula is C17H28NO2+. The van der Waals surface area contributed by atoms with Crippen LogP contribution in [0.15, 0.2) is 24.3 Å². The van der Waals surface area contributed by atoms with Crippen molar-refractivity contribution >= 4 is 0 Å². The van der Waals surface area contributed by atoms with Gasteiger partial charge in [-0.05, 0) is 30.4 Å². The number of benzene rings is 1. The number of aryl methyl sites for hydroxylation is 1. The standard InChI is InChI=1S/C17H27NO2/c1-13(2)10-18-11-15(19)12-20-17-9-5-7-14-6-3-4-8-16(14)17/h3-4,6,8,13,15,17-19H,5,7,9-12H2,1-2H3/p+1/t15-,17-/m1/s1. The van der Waals surface area contributed by atoms with Gasteiger partial charge in [-0.1, -0.05) is 38.1 Å². The van der Waals surface area contributed by atoms with E-state index in [1.165, 1.54) is 17.5 Å². The molecule has 2 rings (SSSR count). The number of aliphatic hydroxyl groups excluding tert-OH is 1. The molecule has 0 spiro atoms. The number of fused-ring (bicyclic) bond motifs is 1. The summed E-state index contributed by atoms with van der Waals surface area (Å²) in [6, 6.07) is 8.53.